The summed E-state index contributed by atoms with van der Waals surface area (Å²) in [5.41, 5.74) is 3.87. The van der Waals surface area contributed by atoms with Gasteiger partial charge in [0.05, 0.1) is 40.4 Å². The van der Waals surface area contributed by atoms with Gasteiger partial charge >= 0.3 is 0 Å². The van der Waals surface area contributed by atoms with Crippen molar-refractivity contribution in [1.82, 2.24) is 24.9 Å². The Labute approximate surface area is 202 Å². The number of carbonyl (C=O) groups is 1. The highest BCUT2D eigenvalue weighted by atomic mass is 19.1. The number of hydrogen-bond acceptors (Lipinski definition) is 6. The van der Waals surface area contributed by atoms with E-state index in [9.17, 15) is 15.3 Å². The molecule has 0 atom stereocenters. The van der Waals surface area contributed by atoms with Crippen molar-refractivity contribution < 1.29 is 9.18 Å². The molecule has 35 heavy (non-hydrogen) atoms. The highest BCUT2D eigenvalue weighted by Crippen LogP contribution is 2.43. The Bertz CT molecular complexity index is 1490. The summed E-state index contributed by atoms with van der Waals surface area (Å²) in [5, 5.41) is 34.4. The summed E-state index contributed by atoms with van der Waals surface area (Å²) in [6, 6.07) is 7.59. The zero-order valence-electron chi connectivity index (χ0n) is 20.4. The van der Waals surface area contributed by atoms with E-state index < -0.39 is 17.6 Å². The van der Waals surface area contributed by atoms with E-state index in [1.165, 1.54) is 0 Å². The van der Waals surface area contributed by atoms with Crippen LogP contribution in [0.5, 0.6) is 0 Å². The first kappa shape index (κ1) is 23.7. The number of hydrogen-bond donors (Lipinski definition) is 2. The number of fused-ring (bicyclic) bond motifs is 1. The molecule has 10 heteroatoms. The number of rotatable bonds is 4. The number of benzene rings is 1. The van der Waals surface area contributed by atoms with Gasteiger partial charge in [-0.3, -0.25) is 14.6 Å². The molecule has 2 N–H and O–H groups in total. The van der Waals surface area contributed by atoms with Gasteiger partial charge in [0.2, 0.25) is 0 Å². The quantitative estimate of drug-likeness (QED) is 0.579. The van der Waals surface area contributed by atoms with E-state index >= 15 is 4.39 Å². The van der Waals surface area contributed by atoms with Gasteiger partial charge < -0.3 is 10.2 Å². The minimum absolute atomic E-state index is 0.182. The van der Waals surface area contributed by atoms with Crippen molar-refractivity contribution in [3.8, 4) is 12.1 Å². The Hall–Kier alpha value is -4.44. The lowest BCUT2D eigenvalue weighted by Gasteiger charge is -2.33. The summed E-state index contributed by atoms with van der Waals surface area (Å²) in [5.74, 6) is -1.57. The Morgan fingerprint density at radius 1 is 1.17 bits per heavy atom. The van der Waals surface area contributed by atoms with Crippen LogP contribution in [0, 0.1) is 42.3 Å². The van der Waals surface area contributed by atoms with Gasteiger partial charge in [-0.05, 0) is 46.8 Å². The van der Waals surface area contributed by atoms with Gasteiger partial charge in [0.25, 0.3) is 5.91 Å². The predicted molar refractivity (Wildman–Crippen MR) is 129 cm³/mol. The molecule has 9 nitrogen and oxygen atoms in total. The molecule has 2 aromatic heterocycles. The SMILES string of the molecule is CCn1nc(C)cc1C(=O)Nc1n[nH]c2c(C)c(F)c(C3C(C#N)=C(C)N(C)C(C)=C3C#N)cc12. The molecule has 0 radical (unpaired) electrons. The summed E-state index contributed by atoms with van der Waals surface area (Å²) >= 11 is 0. The van der Waals surface area contributed by atoms with Crippen molar-refractivity contribution in [3.63, 3.8) is 0 Å². The number of carbonyl (C=O) groups excluding carboxylic acids is 1. The van der Waals surface area contributed by atoms with Crippen molar-refractivity contribution >= 4 is 22.6 Å². The zero-order chi connectivity index (χ0) is 25.6. The summed E-state index contributed by atoms with van der Waals surface area (Å²) in [4.78, 5) is 14.8. The number of anilines is 1. The first-order chi connectivity index (χ1) is 16.6. The van der Waals surface area contributed by atoms with E-state index in [0.717, 1.165) is 0 Å². The van der Waals surface area contributed by atoms with E-state index in [2.05, 4.69) is 32.8 Å². The normalized spacial score (nSPS) is 14.5. The number of aromatic nitrogens is 4. The number of allylic oxidation sites excluding steroid dienone is 4. The van der Waals surface area contributed by atoms with Crippen molar-refractivity contribution in [2.75, 3.05) is 12.4 Å². The van der Waals surface area contributed by atoms with E-state index in [4.69, 9.17) is 0 Å². The van der Waals surface area contributed by atoms with Crippen molar-refractivity contribution in [2.24, 2.45) is 0 Å². The molecule has 3 heterocycles. The third-order valence-corrected chi connectivity index (χ3v) is 6.64. The Balaban J connectivity index is 1.88. The second-order valence-electron chi connectivity index (χ2n) is 8.55. The minimum Gasteiger partial charge on any atom is -0.350 e. The van der Waals surface area contributed by atoms with E-state index in [-0.39, 0.29) is 16.9 Å². The smallest absolute Gasteiger partial charge is 0.275 e. The molecule has 4 rings (SSSR count). The number of nitrogens with zero attached hydrogens (tertiary/aromatic N) is 6. The van der Waals surface area contributed by atoms with Crippen LogP contribution in [0.1, 0.15) is 54.0 Å². The molecule has 0 fully saturated rings. The number of aromatic amines is 1. The largest absolute Gasteiger partial charge is 0.350 e. The topological polar surface area (TPSA) is 126 Å². The molecule has 178 valence electrons. The van der Waals surface area contributed by atoms with Gasteiger partial charge in [-0.15, -0.1) is 0 Å². The van der Waals surface area contributed by atoms with Crippen LogP contribution in [0.2, 0.25) is 0 Å². The fourth-order valence-electron chi connectivity index (χ4n) is 4.55. The molecular formula is C25H25FN8O. The predicted octanol–water partition coefficient (Wildman–Crippen LogP) is 4.41. The van der Waals surface area contributed by atoms with Crippen LogP contribution in [0.4, 0.5) is 10.2 Å². The molecule has 1 aliphatic rings. The number of H-pyrrole nitrogens is 1. The zero-order valence-corrected chi connectivity index (χ0v) is 20.4. The van der Waals surface area contributed by atoms with Gasteiger partial charge in [-0.1, -0.05) is 0 Å². The van der Waals surface area contributed by atoms with Crippen LogP contribution in [0.25, 0.3) is 10.9 Å². The molecule has 1 aliphatic heterocycles. The van der Waals surface area contributed by atoms with Gasteiger partial charge in [0.1, 0.15) is 11.5 Å². The van der Waals surface area contributed by atoms with Crippen LogP contribution in [0.3, 0.4) is 0 Å². The molecular weight excluding hydrogens is 447 g/mol. The van der Waals surface area contributed by atoms with Crippen LogP contribution in [0.15, 0.2) is 34.7 Å². The Morgan fingerprint density at radius 3 is 2.37 bits per heavy atom. The van der Waals surface area contributed by atoms with E-state index in [0.29, 0.717) is 51.4 Å². The third kappa shape index (κ3) is 3.64. The van der Waals surface area contributed by atoms with E-state index in [1.807, 2.05) is 6.92 Å². The van der Waals surface area contributed by atoms with Crippen LogP contribution >= 0.6 is 0 Å². The molecule has 0 saturated heterocycles. The van der Waals surface area contributed by atoms with E-state index in [1.54, 1.807) is 56.5 Å². The summed E-state index contributed by atoms with van der Waals surface area (Å²) < 4.78 is 17.3. The maximum atomic E-state index is 15.7. The molecule has 0 saturated carbocycles. The lowest BCUT2D eigenvalue weighted by molar-refractivity contribution is 0.101. The molecule has 0 spiro atoms. The molecule has 0 aliphatic carbocycles. The van der Waals surface area contributed by atoms with Crippen LogP contribution in [-0.4, -0.2) is 37.8 Å². The standard InChI is InChI=1S/C25H25FN8O/c1-7-34-20(8-12(2)32-34)25(35)29-24-17-9-16(22(26)13(3)23(17)30-31-24)21-18(10-27)14(4)33(6)15(5)19(21)11-28/h8-9,21H,7H2,1-6H3,(H2,29,30,31,35). The molecule has 1 amide bonds. The second-order valence-corrected chi connectivity index (χ2v) is 8.55. The van der Waals surface area contributed by atoms with Crippen molar-refractivity contribution in [2.45, 2.75) is 47.1 Å². The summed E-state index contributed by atoms with van der Waals surface area (Å²) in [6.07, 6.45) is 0. The maximum absolute atomic E-state index is 15.7. The average Bonchev–Trinajstić information content (AvgIpc) is 3.42. The Kier molecular flexibility index (Phi) is 5.91. The average molecular weight is 473 g/mol. The van der Waals surface area contributed by atoms with Gasteiger partial charge in [-0.25, -0.2) is 4.39 Å². The first-order valence-electron chi connectivity index (χ1n) is 11.1. The molecule has 1 aromatic carbocycles. The molecule has 0 unspecified atom stereocenters. The maximum Gasteiger partial charge on any atom is 0.275 e. The van der Waals surface area contributed by atoms with Crippen LogP contribution < -0.4 is 5.32 Å². The number of aryl methyl sites for hydroxylation is 3. The highest BCUT2D eigenvalue weighted by molar-refractivity contribution is 6.07. The summed E-state index contributed by atoms with van der Waals surface area (Å²) in [6.45, 7) is 9.35. The van der Waals surface area contributed by atoms with Crippen LogP contribution in [-0.2, 0) is 6.54 Å². The van der Waals surface area contributed by atoms with Gasteiger partial charge in [-0.2, -0.15) is 20.7 Å². The van der Waals surface area contributed by atoms with Gasteiger partial charge in [0.15, 0.2) is 5.82 Å². The van der Waals surface area contributed by atoms with Crippen molar-refractivity contribution in [1.29, 1.82) is 10.5 Å². The number of nitriles is 2. The summed E-state index contributed by atoms with van der Waals surface area (Å²) in [7, 11) is 1.77. The molecule has 0 bridgehead atoms. The minimum atomic E-state index is -0.869. The van der Waals surface area contributed by atoms with Gasteiger partial charge in [0, 0.05) is 41.5 Å². The fourth-order valence-corrected chi connectivity index (χ4v) is 4.55. The molecule has 3 aromatic rings. The second kappa shape index (κ2) is 8.73. The number of halogens is 1. The number of nitrogens with one attached hydrogen (secondary N) is 2. The Morgan fingerprint density at radius 2 is 1.80 bits per heavy atom. The lowest BCUT2D eigenvalue weighted by Crippen LogP contribution is -2.26. The first-order valence-corrected chi connectivity index (χ1v) is 11.1. The number of amides is 1. The fraction of sp³-hybridized carbons (Fsp3) is 0.320. The third-order valence-electron chi connectivity index (χ3n) is 6.64. The highest BCUT2D eigenvalue weighted by Gasteiger charge is 2.35. The van der Waals surface area contributed by atoms with Crippen molar-refractivity contribution in [3.05, 3.63) is 63.0 Å². The lowest BCUT2D eigenvalue weighted by atomic mass is 9.80. The monoisotopic (exact) mass is 472 g/mol.